The van der Waals surface area contributed by atoms with E-state index in [-0.39, 0.29) is 18.9 Å². The quantitative estimate of drug-likeness (QED) is 0.0494. The third-order valence-corrected chi connectivity index (χ3v) is 8.81. The van der Waals surface area contributed by atoms with Gasteiger partial charge >= 0.3 is 0 Å². The SMILES string of the molecule is CSCC[C@@H](C=O)NC(=O)[C@@H](NC(=O)[C@H](CO)NC(=O)[C@H](C)NC(=O)[C@@H]1CCCN1C(=O)[C@H](CO)NC(=O)[C@H](C)NC(=O)[C@@H](N)C(C)C)[C@@H](C)O. The average Bonchev–Trinajstić information content (AvgIpc) is 3.59. The number of nitrogens with one attached hydrogen (secondary N) is 6. The monoisotopic (exact) mass is 746 g/mol. The van der Waals surface area contributed by atoms with E-state index in [1.54, 1.807) is 13.8 Å². The van der Waals surface area contributed by atoms with Gasteiger partial charge in [0.2, 0.25) is 41.4 Å². The zero-order valence-corrected chi connectivity index (χ0v) is 30.7. The molecule has 0 aliphatic carbocycles. The molecule has 1 aliphatic heterocycles. The molecule has 9 atom stereocenters. The third-order valence-electron chi connectivity index (χ3n) is 8.16. The molecule has 0 unspecified atom stereocenters. The van der Waals surface area contributed by atoms with Crippen LogP contribution in [0.25, 0.3) is 0 Å². The van der Waals surface area contributed by atoms with Crippen LogP contribution in [0, 0.1) is 5.92 Å². The van der Waals surface area contributed by atoms with E-state index >= 15 is 0 Å². The molecule has 0 bridgehead atoms. The molecule has 0 spiro atoms. The Morgan fingerprint density at radius 3 is 1.88 bits per heavy atom. The van der Waals surface area contributed by atoms with Crippen LogP contribution in [0.4, 0.5) is 0 Å². The standard InChI is InChI=1S/C31H54N8O11S/c1-15(2)23(32)29(48)34-17(4)26(45)37-21(14-42)31(50)39-10-7-8-22(39)28(47)33-16(3)25(44)36-20(13-41)27(46)38-24(18(5)43)30(49)35-19(12-40)9-11-51-6/h12,15-24,41-43H,7-11,13-14,32H2,1-6H3,(H,33,47)(H,34,48)(H,35,49)(H,36,44)(H,37,45)(H,38,46)/t16-,17-,18+,19-,20-,21-,22-,23-,24-/m0/s1. The molecule has 19 nitrogen and oxygen atoms in total. The van der Waals surface area contributed by atoms with Crippen molar-refractivity contribution in [3.05, 3.63) is 0 Å². The Morgan fingerprint density at radius 2 is 1.37 bits per heavy atom. The summed E-state index contributed by atoms with van der Waals surface area (Å²) in [5, 5.41) is 44.0. The summed E-state index contributed by atoms with van der Waals surface area (Å²) >= 11 is 1.45. The average molecular weight is 747 g/mol. The van der Waals surface area contributed by atoms with Crippen molar-refractivity contribution in [1.82, 2.24) is 36.8 Å². The summed E-state index contributed by atoms with van der Waals surface area (Å²) in [7, 11) is 0. The number of carbonyl (C=O) groups is 8. The van der Waals surface area contributed by atoms with E-state index in [0.717, 1.165) is 4.90 Å². The lowest BCUT2D eigenvalue weighted by atomic mass is 10.0. The van der Waals surface area contributed by atoms with Gasteiger partial charge in [0.05, 0.1) is 31.4 Å². The van der Waals surface area contributed by atoms with Gasteiger partial charge in [-0.1, -0.05) is 13.8 Å². The number of nitrogens with two attached hydrogens (primary N) is 1. The van der Waals surface area contributed by atoms with Crippen LogP contribution in [0.15, 0.2) is 0 Å². The Kier molecular flexibility index (Phi) is 19.6. The molecule has 0 aromatic rings. The summed E-state index contributed by atoms with van der Waals surface area (Å²) in [6, 6.07) is -9.75. The number of aldehydes is 1. The van der Waals surface area contributed by atoms with Crippen molar-refractivity contribution in [1.29, 1.82) is 0 Å². The first-order valence-electron chi connectivity index (χ1n) is 16.7. The van der Waals surface area contributed by atoms with Gasteiger partial charge in [0.1, 0.15) is 42.5 Å². The van der Waals surface area contributed by atoms with Gasteiger partial charge in [-0.05, 0) is 58.0 Å². The van der Waals surface area contributed by atoms with Crippen molar-refractivity contribution >= 4 is 59.4 Å². The zero-order valence-electron chi connectivity index (χ0n) is 29.8. The number of aliphatic hydroxyl groups is 3. The van der Waals surface area contributed by atoms with E-state index in [4.69, 9.17) is 5.73 Å². The first-order valence-corrected chi connectivity index (χ1v) is 18.0. The number of aliphatic hydroxyl groups excluding tert-OH is 3. The number of hydrogen-bond acceptors (Lipinski definition) is 13. The van der Waals surface area contributed by atoms with Crippen molar-refractivity contribution in [3.8, 4) is 0 Å². The number of rotatable bonds is 21. The molecule has 0 aromatic carbocycles. The van der Waals surface area contributed by atoms with Gasteiger partial charge in [0.25, 0.3) is 0 Å². The maximum Gasteiger partial charge on any atom is 0.248 e. The minimum absolute atomic E-state index is 0.106. The van der Waals surface area contributed by atoms with Crippen LogP contribution >= 0.6 is 11.8 Å². The summed E-state index contributed by atoms with van der Waals surface area (Å²) < 4.78 is 0. The van der Waals surface area contributed by atoms with E-state index in [1.807, 2.05) is 6.26 Å². The van der Waals surface area contributed by atoms with Crippen molar-refractivity contribution in [2.24, 2.45) is 11.7 Å². The van der Waals surface area contributed by atoms with E-state index in [2.05, 4.69) is 31.9 Å². The molecule has 1 fully saturated rings. The molecule has 1 rings (SSSR count). The number of thioether (sulfide) groups is 1. The topological polar surface area (TPSA) is 299 Å². The van der Waals surface area contributed by atoms with Crippen LogP contribution in [0.5, 0.6) is 0 Å². The highest BCUT2D eigenvalue weighted by molar-refractivity contribution is 7.98. The smallest absolute Gasteiger partial charge is 0.248 e. The Labute approximate surface area is 301 Å². The zero-order chi connectivity index (χ0) is 39.0. The molecule has 1 heterocycles. The summed E-state index contributed by atoms with van der Waals surface area (Å²) in [4.78, 5) is 102. The lowest BCUT2D eigenvalue weighted by molar-refractivity contribution is -0.143. The Hall–Kier alpha value is -3.85. The second kappa shape index (κ2) is 22.2. The normalized spacial score (nSPS) is 18.9. The highest BCUT2D eigenvalue weighted by Gasteiger charge is 2.39. The highest BCUT2D eigenvalue weighted by atomic mass is 32.2. The summed E-state index contributed by atoms with van der Waals surface area (Å²) in [6.45, 7) is 5.75. The van der Waals surface area contributed by atoms with Gasteiger partial charge in [-0.2, -0.15) is 11.8 Å². The summed E-state index contributed by atoms with van der Waals surface area (Å²) in [5.74, 6) is -5.26. The minimum atomic E-state index is -1.60. The molecular weight excluding hydrogens is 692 g/mol. The van der Waals surface area contributed by atoms with E-state index < -0.39 is 109 Å². The van der Waals surface area contributed by atoms with Gasteiger partial charge in [0.15, 0.2) is 0 Å². The fraction of sp³-hybridized carbons (Fsp3) is 0.742. The third kappa shape index (κ3) is 14.0. The fourth-order valence-electron chi connectivity index (χ4n) is 4.88. The van der Waals surface area contributed by atoms with Crippen molar-refractivity contribution < 1.29 is 53.7 Å². The van der Waals surface area contributed by atoms with Crippen molar-refractivity contribution in [2.45, 2.75) is 108 Å². The molecule has 290 valence electrons. The maximum atomic E-state index is 13.3. The minimum Gasteiger partial charge on any atom is -0.394 e. The second-order valence-electron chi connectivity index (χ2n) is 12.7. The lowest BCUT2D eigenvalue weighted by Gasteiger charge is -2.29. The second-order valence-corrected chi connectivity index (χ2v) is 13.7. The molecule has 7 amide bonds. The first-order chi connectivity index (χ1) is 23.9. The number of likely N-dealkylation sites (tertiary alicyclic amines) is 1. The van der Waals surface area contributed by atoms with Crippen LogP contribution in [0.2, 0.25) is 0 Å². The molecule has 20 heteroatoms. The van der Waals surface area contributed by atoms with Crippen LogP contribution in [0.1, 0.15) is 53.9 Å². The van der Waals surface area contributed by atoms with Crippen LogP contribution in [-0.2, 0) is 38.4 Å². The summed E-state index contributed by atoms with van der Waals surface area (Å²) in [5.41, 5.74) is 5.81. The van der Waals surface area contributed by atoms with E-state index in [9.17, 15) is 53.7 Å². The summed E-state index contributed by atoms with van der Waals surface area (Å²) in [6.07, 6.45) is 1.84. The molecule has 1 aliphatic rings. The Balaban J connectivity index is 2.85. The number of hydrogen-bond donors (Lipinski definition) is 10. The molecule has 11 N–H and O–H groups in total. The van der Waals surface area contributed by atoms with Gasteiger partial charge in [-0.25, -0.2) is 0 Å². The van der Waals surface area contributed by atoms with Gasteiger partial charge in [-0.15, -0.1) is 0 Å². The number of amides is 7. The molecule has 0 aromatic heterocycles. The van der Waals surface area contributed by atoms with E-state index in [1.165, 1.54) is 32.5 Å². The maximum absolute atomic E-state index is 13.3. The molecule has 0 saturated carbocycles. The predicted octanol–water partition coefficient (Wildman–Crippen LogP) is -4.77. The Bertz CT molecular complexity index is 1240. The molecule has 1 saturated heterocycles. The first kappa shape index (κ1) is 45.2. The van der Waals surface area contributed by atoms with E-state index in [0.29, 0.717) is 24.9 Å². The van der Waals surface area contributed by atoms with Gasteiger partial charge < -0.3 is 62.6 Å². The Morgan fingerprint density at radius 1 is 0.804 bits per heavy atom. The van der Waals surface area contributed by atoms with Crippen LogP contribution < -0.4 is 37.6 Å². The van der Waals surface area contributed by atoms with Crippen LogP contribution in [-0.4, -0.2) is 154 Å². The molecule has 0 radical (unpaired) electrons. The number of nitrogens with zero attached hydrogens (tertiary/aromatic N) is 1. The number of carbonyl (C=O) groups excluding carboxylic acids is 8. The van der Waals surface area contributed by atoms with Crippen molar-refractivity contribution in [2.75, 3.05) is 31.8 Å². The van der Waals surface area contributed by atoms with Gasteiger partial charge in [-0.3, -0.25) is 33.6 Å². The highest BCUT2D eigenvalue weighted by Crippen LogP contribution is 2.19. The van der Waals surface area contributed by atoms with Gasteiger partial charge in [0, 0.05) is 6.54 Å². The molecular formula is C31H54N8O11S. The lowest BCUT2D eigenvalue weighted by Crippen LogP contribution is -2.61. The molecule has 51 heavy (non-hydrogen) atoms. The van der Waals surface area contributed by atoms with Crippen molar-refractivity contribution in [3.63, 3.8) is 0 Å². The predicted molar refractivity (Wildman–Crippen MR) is 185 cm³/mol. The van der Waals surface area contributed by atoms with Crippen LogP contribution in [0.3, 0.4) is 0 Å². The largest absolute Gasteiger partial charge is 0.394 e. The fourth-order valence-corrected chi connectivity index (χ4v) is 5.37.